The number of aryl methyl sites for hydroxylation is 1. The lowest BCUT2D eigenvalue weighted by Gasteiger charge is -2.30. The highest BCUT2D eigenvalue weighted by atomic mass is 32.2. The molecule has 0 aliphatic carbocycles. The molecule has 18 heavy (non-hydrogen) atoms. The Balaban J connectivity index is 2.14. The Morgan fingerprint density at radius 2 is 2.06 bits per heavy atom. The van der Waals surface area contributed by atoms with Crippen molar-refractivity contribution in [3.8, 4) is 0 Å². The minimum atomic E-state index is -3.16. The summed E-state index contributed by atoms with van der Waals surface area (Å²) in [6.07, 6.45) is 2.12. The average Bonchev–Trinajstić information content (AvgIpc) is 2.32. The Labute approximate surface area is 110 Å². The first-order valence-electron chi connectivity index (χ1n) is 6.51. The van der Waals surface area contributed by atoms with Gasteiger partial charge in [-0.1, -0.05) is 31.2 Å². The van der Waals surface area contributed by atoms with Crippen LogP contribution in [0.2, 0.25) is 0 Å². The van der Waals surface area contributed by atoms with Gasteiger partial charge in [0.25, 0.3) is 0 Å². The number of rotatable bonds is 3. The fraction of sp³-hybridized carbons (Fsp3) is 0.571. The maximum absolute atomic E-state index is 12.4. The molecule has 3 nitrogen and oxygen atoms in total. The van der Waals surface area contributed by atoms with Crippen LogP contribution >= 0.6 is 0 Å². The van der Waals surface area contributed by atoms with E-state index in [1.807, 2.05) is 31.2 Å². The molecule has 1 atom stereocenters. The topological polar surface area (TPSA) is 37.4 Å². The molecule has 1 heterocycles. The molecule has 0 bridgehead atoms. The van der Waals surface area contributed by atoms with Crippen LogP contribution in [-0.2, 0) is 15.8 Å². The number of piperidine rings is 1. The Morgan fingerprint density at radius 1 is 1.33 bits per heavy atom. The van der Waals surface area contributed by atoms with E-state index in [9.17, 15) is 8.42 Å². The van der Waals surface area contributed by atoms with Crippen LogP contribution in [0, 0.1) is 12.8 Å². The van der Waals surface area contributed by atoms with Crippen molar-refractivity contribution >= 4 is 10.0 Å². The first-order valence-corrected chi connectivity index (χ1v) is 8.12. The van der Waals surface area contributed by atoms with Crippen LogP contribution in [0.5, 0.6) is 0 Å². The van der Waals surface area contributed by atoms with Gasteiger partial charge >= 0.3 is 0 Å². The normalized spacial score (nSPS) is 22.0. The van der Waals surface area contributed by atoms with Gasteiger partial charge in [-0.15, -0.1) is 0 Å². The molecule has 100 valence electrons. The summed E-state index contributed by atoms with van der Waals surface area (Å²) in [6, 6.07) is 7.70. The number of nitrogens with zero attached hydrogens (tertiary/aromatic N) is 1. The highest BCUT2D eigenvalue weighted by molar-refractivity contribution is 7.88. The molecule has 0 radical (unpaired) electrons. The molecule has 0 aromatic heterocycles. The van der Waals surface area contributed by atoms with Crippen LogP contribution in [0.25, 0.3) is 0 Å². The lowest BCUT2D eigenvalue weighted by atomic mass is 10.0. The molecule has 1 unspecified atom stereocenters. The summed E-state index contributed by atoms with van der Waals surface area (Å²) in [4.78, 5) is 0. The first kappa shape index (κ1) is 13.6. The summed E-state index contributed by atoms with van der Waals surface area (Å²) in [6.45, 7) is 5.44. The second kappa shape index (κ2) is 5.41. The van der Waals surface area contributed by atoms with Crippen LogP contribution in [0.3, 0.4) is 0 Å². The monoisotopic (exact) mass is 267 g/mol. The number of hydrogen-bond donors (Lipinski definition) is 0. The van der Waals surface area contributed by atoms with E-state index in [1.165, 1.54) is 0 Å². The van der Waals surface area contributed by atoms with E-state index in [0.29, 0.717) is 19.0 Å². The fourth-order valence-electron chi connectivity index (χ4n) is 2.46. The van der Waals surface area contributed by atoms with Gasteiger partial charge in [0, 0.05) is 13.1 Å². The van der Waals surface area contributed by atoms with E-state index < -0.39 is 10.0 Å². The van der Waals surface area contributed by atoms with Crippen LogP contribution in [-0.4, -0.2) is 25.8 Å². The lowest BCUT2D eigenvalue weighted by molar-refractivity contribution is 0.281. The van der Waals surface area contributed by atoms with E-state index >= 15 is 0 Å². The van der Waals surface area contributed by atoms with Gasteiger partial charge in [0.1, 0.15) is 0 Å². The smallest absolute Gasteiger partial charge is 0.212 e. The molecular weight excluding hydrogens is 246 g/mol. The van der Waals surface area contributed by atoms with E-state index in [2.05, 4.69) is 6.92 Å². The lowest BCUT2D eigenvalue weighted by Crippen LogP contribution is -2.39. The molecule has 0 saturated carbocycles. The number of hydrogen-bond acceptors (Lipinski definition) is 2. The zero-order valence-corrected chi connectivity index (χ0v) is 11.9. The van der Waals surface area contributed by atoms with Gasteiger partial charge in [0.2, 0.25) is 10.0 Å². The third-order valence-electron chi connectivity index (χ3n) is 3.61. The van der Waals surface area contributed by atoms with Crippen molar-refractivity contribution < 1.29 is 8.42 Å². The van der Waals surface area contributed by atoms with Crippen molar-refractivity contribution in [3.05, 3.63) is 35.4 Å². The van der Waals surface area contributed by atoms with Gasteiger partial charge in [-0.05, 0) is 36.8 Å². The summed E-state index contributed by atoms with van der Waals surface area (Å²) in [5.74, 6) is 0.609. The zero-order chi connectivity index (χ0) is 13.2. The van der Waals surface area contributed by atoms with Gasteiger partial charge in [-0.25, -0.2) is 12.7 Å². The molecule has 0 spiro atoms. The maximum atomic E-state index is 12.4. The Morgan fingerprint density at radius 3 is 2.72 bits per heavy atom. The van der Waals surface area contributed by atoms with Gasteiger partial charge < -0.3 is 0 Å². The van der Waals surface area contributed by atoms with Crippen molar-refractivity contribution in [2.24, 2.45) is 5.92 Å². The van der Waals surface area contributed by atoms with E-state index in [4.69, 9.17) is 0 Å². The second-order valence-electron chi connectivity index (χ2n) is 5.29. The van der Waals surface area contributed by atoms with Crippen LogP contribution in [0.4, 0.5) is 0 Å². The zero-order valence-electron chi connectivity index (χ0n) is 11.1. The van der Waals surface area contributed by atoms with E-state index in [1.54, 1.807) is 4.31 Å². The number of benzene rings is 1. The molecule has 0 N–H and O–H groups in total. The minimum Gasteiger partial charge on any atom is -0.212 e. The SMILES string of the molecule is Cc1ccccc1CS(=O)(=O)N1CCCC(C)C1. The van der Waals surface area contributed by atoms with Crippen molar-refractivity contribution in [2.75, 3.05) is 13.1 Å². The third-order valence-corrected chi connectivity index (χ3v) is 5.41. The fourth-order valence-corrected chi connectivity index (χ4v) is 4.25. The van der Waals surface area contributed by atoms with Gasteiger partial charge in [-0.2, -0.15) is 0 Å². The van der Waals surface area contributed by atoms with Crippen LogP contribution < -0.4 is 0 Å². The van der Waals surface area contributed by atoms with E-state index in [-0.39, 0.29) is 5.75 Å². The second-order valence-corrected chi connectivity index (χ2v) is 7.26. The standard InChI is InChI=1S/C14H21NO2S/c1-12-6-5-9-15(10-12)18(16,17)11-14-8-4-3-7-13(14)2/h3-4,7-8,12H,5-6,9-11H2,1-2H3. The van der Waals surface area contributed by atoms with Crippen molar-refractivity contribution in [1.29, 1.82) is 0 Å². The largest absolute Gasteiger partial charge is 0.218 e. The van der Waals surface area contributed by atoms with Gasteiger partial charge in [0.05, 0.1) is 5.75 Å². The summed E-state index contributed by atoms with van der Waals surface area (Å²) in [5, 5.41) is 0. The minimum absolute atomic E-state index is 0.131. The number of sulfonamides is 1. The third kappa shape index (κ3) is 3.12. The highest BCUT2D eigenvalue weighted by Crippen LogP contribution is 2.21. The Bertz CT molecular complexity index is 510. The Hall–Kier alpha value is -0.870. The summed E-state index contributed by atoms with van der Waals surface area (Å²) < 4.78 is 26.4. The van der Waals surface area contributed by atoms with Gasteiger partial charge in [0.15, 0.2) is 0 Å². The summed E-state index contributed by atoms with van der Waals surface area (Å²) in [5.41, 5.74) is 1.96. The summed E-state index contributed by atoms with van der Waals surface area (Å²) in [7, 11) is -3.16. The molecule has 1 saturated heterocycles. The molecular formula is C14H21NO2S. The average molecular weight is 267 g/mol. The van der Waals surface area contributed by atoms with Crippen molar-refractivity contribution in [2.45, 2.75) is 32.4 Å². The molecule has 1 aliphatic heterocycles. The molecule has 4 heteroatoms. The van der Waals surface area contributed by atoms with Crippen LogP contribution in [0.1, 0.15) is 30.9 Å². The Kier molecular flexibility index (Phi) is 4.07. The van der Waals surface area contributed by atoms with Crippen molar-refractivity contribution in [3.63, 3.8) is 0 Å². The highest BCUT2D eigenvalue weighted by Gasteiger charge is 2.27. The maximum Gasteiger partial charge on any atom is 0.218 e. The first-order chi connectivity index (χ1) is 8.49. The molecule has 1 fully saturated rings. The summed E-state index contributed by atoms with van der Waals surface area (Å²) >= 11 is 0. The van der Waals surface area contributed by atoms with Gasteiger partial charge in [-0.3, -0.25) is 0 Å². The molecule has 0 amide bonds. The molecule has 1 aliphatic rings. The molecule has 1 aromatic carbocycles. The molecule has 1 aromatic rings. The quantitative estimate of drug-likeness (QED) is 0.844. The molecule has 2 rings (SSSR count). The van der Waals surface area contributed by atoms with E-state index in [0.717, 1.165) is 24.0 Å². The predicted molar refractivity (Wildman–Crippen MR) is 73.8 cm³/mol. The van der Waals surface area contributed by atoms with Crippen LogP contribution in [0.15, 0.2) is 24.3 Å². The van der Waals surface area contributed by atoms with Crippen molar-refractivity contribution in [1.82, 2.24) is 4.31 Å². The predicted octanol–water partition coefficient (Wildman–Crippen LogP) is 2.56.